The van der Waals surface area contributed by atoms with Crippen molar-refractivity contribution in [3.05, 3.63) is 66.1 Å². The summed E-state index contributed by atoms with van der Waals surface area (Å²) in [5, 5.41) is 11.2. The first-order valence-corrected chi connectivity index (χ1v) is 10.1. The molecule has 0 spiro atoms. The lowest BCUT2D eigenvalue weighted by Gasteiger charge is -2.27. The van der Waals surface area contributed by atoms with E-state index in [4.69, 9.17) is 17.3 Å². The zero-order chi connectivity index (χ0) is 20.7. The largest absolute Gasteiger partial charge is 0.369 e. The number of aromatic nitrogens is 4. The van der Waals surface area contributed by atoms with Gasteiger partial charge in [0.25, 0.3) is 0 Å². The minimum Gasteiger partial charge on any atom is -0.369 e. The maximum absolute atomic E-state index is 12.0. The van der Waals surface area contributed by atoms with Crippen molar-refractivity contribution < 1.29 is 4.79 Å². The number of halogens is 1. The Hall–Kier alpha value is -3.39. The number of para-hydroxylation sites is 1. The summed E-state index contributed by atoms with van der Waals surface area (Å²) in [6.07, 6.45) is 10.2. The summed E-state index contributed by atoms with van der Waals surface area (Å²) in [5.41, 5.74) is 7.34. The molecule has 0 radical (unpaired) electrons. The molecule has 1 saturated carbocycles. The van der Waals surface area contributed by atoms with Gasteiger partial charge < -0.3 is 16.4 Å². The average molecular weight is 422 g/mol. The molecular formula is C21H20ClN7O. The number of benzene rings is 1. The molecule has 2 aliphatic carbocycles. The van der Waals surface area contributed by atoms with Gasteiger partial charge in [0.2, 0.25) is 11.9 Å². The van der Waals surface area contributed by atoms with Crippen molar-refractivity contribution in [2.75, 3.05) is 10.6 Å². The van der Waals surface area contributed by atoms with E-state index in [-0.39, 0.29) is 29.7 Å². The van der Waals surface area contributed by atoms with Crippen LogP contribution in [0.25, 0.3) is 5.69 Å². The molecule has 30 heavy (non-hydrogen) atoms. The van der Waals surface area contributed by atoms with Gasteiger partial charge >= 0.3 is 0 Å². The van der Waals surface area contributed by atoms with Crippen LogP contribution in [0.1, 0.15) is 6.42 Å². The third kappa shape index (κ3) is 3.39. The van der Waals surface area contributed by atoms with E-state index in [2.05, 4.69) is 37.9 Å². The Morgan fingerprint density at radius 2 is 1.97 bits per heavy atom. The number of fused-ring (bicyclic) bond motifs is 2. The molecule has 0 unspecified atom stereocenters. The first-order valence-electron chi connectivity index (χ1n) is 9.72. The smallest absolute Gasteiger partial charge is 0.229 e. The van der Waals surface area contributed by atoms with Crippen LogP contribution in [-0.2, 0) is 4.79 Å². The molecule has 4 atom stereocenters. The van der Waals surface area contributed by atoms with Gasteiger partial charge in [-0.2, -0.15) is 10.1 Å². The van der Waals surface area contributed by atoms with Crippen molar-refractivity contribution in [2.24, 2.45) is 23.5 Å². The third-order valence-corrected chi connectivity index (χ3v) is 5.97. The van der Waals surface area contributed by atoms with Gasteiger partial charge in [-0.25, -0.2) is 9.67 Å². The molecule has 3 aromatic rings. The van der Waals surface area contributed by atoms with Crippen LogP contribution in [0.4, 0.5) is 17.5 Å². The molecule has 1 fully saturated rings. The van der Waals surface area contributed by atoms with E-state index in [1.165, 1.54) is 6.20 Å². The van der Waals surface area contributed by atoms with Crippen LogP contribution in [0.2, 0.25) is 5.02 Å². The second-order valence-electron chi connectivity index (χ2n) is 7.57. The number of allylic oxidation sites excluding steroid dienone is 1. The van der Waals surface area contributed by atoms with Crippen LogP contribution < -0.4 is 16.4 Å². The number of carbonyl (C=O) groups is 1. The van der Waals surface area contributed by atoms with E-state index in [0.29, 0.717) is 16.8 Å². The van der Waals surface area contributed by atoms with Gasteiger partial charge in [-0.15, -0.1) is 0 Å². The number of nitrogens with zero attached hydrogens (tertiary/aromatic N) is 4. The predicted octanol–water partition coefficient (Wildman–Crippen LogP) is 3.15. The maximum atomic E-state index is 12.0. The summed E-state index contributed by atoms with van der Waals surface area (Å²) in [5.74, 6) is 0.685. The first kappa shape index (κ1) is 18.6. The fourth-order valence-corrected chi connectivity index (χ4v) is 4.48. The fourth-order valence-electron chi connectivity index (χ4n) is 4.33. The van der Waals surface area contributed by atoms with E-state index in [9.17, 15) is 4.79 Å². The summed E-state index contributed by atoms with van der Waals surface area (Å²) in [6, 6.07) is 9.67. The summed E-state index contributed by atoms with van der Waals surface area (Å²) in [7, 11) is 0. The normalized spacial score (nSPS) is 24.2. The van der Waals surface area contributed by atoms with E-state index < -0.39 is 0 Å². The topological polar surface area (TPSA) is 111 Å². The lowest BCUT2D eigenvalue weighted by atomic mass is 9.88. The molecule has 2 bridgehead atoms. The van der Waals surface area contributed by atoms with Crippen molar-refractivity contribution in [2.45, 2.75) is 12.5 Å². The molecule has 5 rings (SSSR count). The SMILES string of the molecule is NC(=O)[C@@H]1[C@H](Nc2nc(Nc3cnn(-c4ccccc4)c3)ncc2Cl)[C@H]2C=C[C@@H]1C2. The highest BCUT2D eigenvalue weighted by Crippen LogP contribution is 2.45. The van der Waals surface area contributed by atoms with Gasteiger partial charge in [0.1, 0.15) is 5.02 Å². The van der Waals surface area contributed by atoms with E-state index in [0.717, 1.165) is 17.8 Å². The van der Waals surface area contributed by atoms with E-state index in [1.54, 1.807) is 10.9 Å². The summed E-state index contributed by atoms with van der Waals surface area (Å²) >= 11 is 6.33. The Labute approximate surface area is 178 Å². The second kappa shape index (κ2) is 7.46. The molecule has 1 amide bonds. The van der Waals surface area contributed by atoms with Crippen LogP contribution >= 0.6 is 11.6 Å². The number of nitrogens with one attached hydrogen (secondary N) is 2. The molecule has 2 heterocycles. The molecule has 8 nitrogen and oxygen atoms in total. The number of primary amides is 1. The van der Waals surface area contributed by atoms with Gasteiger partial charge in [-0.1, -0.05) is 42.0 Å². The summed E-state index contributed by atoms with van der Waals surface area (Å²) in [6.45, 7) is 0. The van der Waals surface area contributed by atoms with Crippen LogP contribution in [0.15, 0.2) is 61.1 Å². The Morgan fingerprint density at radius 3 is 2.77 bits per heavy atom. The Kier molecular flexibility index (Phi) is 4.63. The molecule has 152 valence electrons. The number of hydrogen-bond acceptors (Lipinski definition) is 6. The minimum atomic E-state index is -0.304. The van der Waals surface area contributed by atoms with Crippen molar-refractivity contribution in [3.8, 4) is 5.69 Å². The molecule has 0 aliphatic heterocycles. The lowest BCUT2D eigenvalue weighted by molar-refractivity contribution is -0.122. The van der Waals surface area contributed by atoms with Crippen molar-refractivity contribution in [3.63, 3.8) is 0 Å². The van der Waals surface area contributed by atoms with E-state index in [1.807, 2.05) is 36.5 Å². The fraction of sp³-hybridized carbons (Fsp3) is 0.238. The maximum Gasteiger partial charge on any atom is 0.229 e. The number of hydrogen-bond donors (Lipinski definition) is 3. The summed E-state index contributed by atoms with van der Waals surface area (Å²) < 4.78 is 1.76. The number of rotatable bonds is 6. The van der Waals surface area contributed by atoms with Crippen molar-refractivity contribution in [1.29, 1.82) is 0 Å². The lowest BCUT2D eigenvalue weighted by Crippen LogP contribution is -2.41. The highest BCUT2D eigenvalue weighted by molar-refractivity contribution is 6.32. The number of carbonyl (C=O) groups excluding carboxylic acids is 1. The molecule has 2 aromatic heterocycles. The number of nitrogens with two attached hydrogens (primary N) is 1. The zero-order valence-corrected chi connectivity index (χ0v) is 16.7. The first-order chi connectivity index (χ1) is 14.6. The van der Waals surface area contributed by atoms with E-state index >= 15 is 0 Å². The Morgan fingerprint density at radius 1 is 1.17 bits per heavy atom. The molecule has 2 aliphatic rings. The van der Waals surface area contributed by atoms with Gasteiger partial charge in [-0.3, -0.25) is 4.79 Å². The van der Waals surface area contributed by atoms with Crippen LogP contribution in [0, 0.1) is 17.8 Å². The molecule has 1 aromatic carbocycles. The van der Waals surface area contributed by atoms with Crippen LogP contribution in [-0.4, -0.2) is 31.7 Å². The molecule has 9 heteroatoms. The van der Waals surface area contributed by atoms with Gasteiger partial charge in [0.05, 0.1) is 35.9 Å². The minimum absolute atomic E-state index is 0.126. The Balaban J connectivity index is 1.35. The van der Waals surface area contributed by atoms with Crippen LogP contribution in [0.5, 0.6) is 0 Å². The number of anilines is 3. The Bertz CT molecular complexity index is 1110. The predicted molar refractivity (Wildman–Crippen MR) is 115 cm³/mol. The standard InChI is InChI=1S/C21H20ClN7O/c22-16-10-24-21(26-14-9-25-29(11-14)15-4-2-1-3-5-15)28-20(16)27-18-13-7-6-12(8-13)17(18)19(23)30/h1-7,9-13,17-18H,8H2,(H2,23,30)(H2,24,26,27,28)/t12-,13+,17+,18-/m1/s1. The monoisotopic (exact) mass is 421 g/mol. The molecular weight excluding hydrogens is 402 g/mol. The quantitative estimate of drug-likeness (QED) is 0.527. The summed E-state index contributed by atoms with van der Waals surface area (Å²) in [4.78, 5) is 20.7. The van der Waals surface area contributed by atoms with Gasteiger partial charge in [-0.05, 0) is 30.4 Å². The van der Waals surface area contributed by atoms with Crippen molar-refractivity contribution in [1.82, 2.24) is 19.7 Å². The van der Waals surface area contributed by atoms with Crippen LogP contribution in [0.3, 0.4) is 0 Å². The van der Waals surface area contributed by atoms with Gasteiger partial charge in [0.15, 0.2) is 5.82 Å². The number of amides is 1. The second-order valence-corrected chi connectivity index (χ2v) is 7.98. The third-order valence-electron chi connectivity index (χ3n) is 5.69. The van der Waals surface area contributed by atoms with Gasteiger partial charge in [0, 0.05) is 6.04 Å². The molecule has 4 N–H and O–H groups in total. The molecule has 0 saturated heterocycles. The zero-order valence-electron chi connectivity index (χ0n) is 15.9. The van der Waals surface area contributed by atoms with Crippen molar-refractivity contribution >= 4 is 35.0 Å². The highest BCUT2D eigenvalue weighted by Gasteiger charge is 2.47. The average Bonchev–Trinajstić information content (AvgIpc) is 3.47. The highest BCUT2D eigenvalue weighted by atomic mass is 35.5.